The average molecular weight is 371 g/mol. The molecule has 1 aliphatic carbocycles. The van der Waals surface area contributed by atoms with Gasteiger partial charge in [0.15, 0.2) is 0 Å². The maximum atomic E-state index is 12.8. The number of esters is 1. The zero-order chi connectivity index (χ0) is 19.6. The van der Waals surface area contributed by atoms with Crippen molar-refractivity contribution in [3.8, 4) is 0 Å². The van der Waals surface area contributed by atoms with Crippen LogP contribution in [0.3, 0.4) is 0 Å². The van der Waals surface area contributed by atoms with E-state index in [2.05, 4.69) is 4.90 Å². The number of aryl methyl sites for hydroxylation is 1. The predicted octanol–water partition coefficient (Wildman–Crippen LogP) is 4.05. The summed E-state index contributed by atoms with van der Waals surface area (Å²) in [5, 5.41) is 0.807. The molecule has 0 N–H and O–H groups in total. The molecule has 0 bridgehead atoms. The molecule has 1 aliphatic rings. The van der Waals surface area contributed by atoms with Gasteiger partial charge in [0.2, 0.25) is 0 Å². The Morgan fingerprint density at radius 1 is 1.26 bits per heavy atom. The van der Waals surface area contributed by atoms with Crippen molar-refractivity contribution >= 4 is 16.9 Å². The summed E-state index contributed by atoms with van der Waals surface area (Å²) in [7, 11) is 2.00. The first kappa shape index (κ1) is 19.6. The molecule has 0 atom stereocenters. The van der Waals surface area contributed by atoms with Gasteiger partial charge in [0.1, 0.15) is 17.7 Å². The highest BCUT2D eigenvalue weighted by molar-refractivity contribution is 5.82. The van der Waals surface area contributed by atoms with E-state index in [4.69, 9.17) is 9.15 Å². The zero-order valence-electron chi connectivity index (χ0n) is 16.7. The van der Waals surface area contributed by atoms with Gasteiger partial charge in [-0.3, -0.25) is 9.69 Å². The van der Waals surface area contributed by atoms with Gasteiger partial charge in [-0.1, -0.05) is 31.9 Å². The van der Waals surface area contributed by atoms with Gasteiger partial charge in [0, 0.05) is 23.1 Å². The maximum Gasteiger partial charge on any atom is 0.336 e. The quantitative estimate of drug-likeness (QED) is 0.566. The fourth-order valence-electron chi connectivity index (χ4n) is 3.83. The van der Waals surface area contributed by atoms with Crippen LogP contribution in [0.2, 0.25) is 0 Å². The van der Waals surface area contributed by atoms with E-state index in [1.807, 2.05) is 46.0 Å². The standard InChI is InChI=1S/C22H29NO4/c1-5-15-10-11-18-16(13-20(24)27-19(18)12-15)14-26-21(25)22(2,3)23(4)17-8-6-7-9-17/h10-13,17H,5-9,14H2,1-4H3. The van der Waals surface area contributed by atoms with Crippen molar-refractivity contribution in [1.29, 1.82) is 0 Å². The number of ether oxygens (including phenoxy) is 1. The molecule has 3 rings (SSSR count). The van der Waals surface area contributed by atoms with E-state index in [1.54, 1.807) is 0 Å². The Labute approximate surface area is 160 Å². The average Bonchev–Trinajstić information content (AvgIpc) is 3.18. The Morgan fingerprint density at radius 3 is 2.63 bits per heavy atom. The highest BCUT2D eigenvalue weighted by Crippen LogP contribution is 2.29. The number of benzene rings is 1. The molecule has 0 saturated heterocycles. The molecule has 0 spiro atoms. The van der Waals surface area contributed by atoms with Crippen LogP contribution in [0.1, 0.15) is 57.6 Å². The lowest BCUT2D eigenvalue weighted by Gasteiger charge is -2.37. The molecule has 1 aromatic carbocycles. The monoisotopic (exact) mass is 371 g/mol. The van der Waals surface area contributed by atoms with E-state index in [0.29, 0.717) is 17.2 Å². The Bertz CT molecular complexity index is 878. The van der Waals surface area contributed by atoms with Crippen LogP contribution in [-0.4, -0.2) is 29.5 Å². The first-order chi connectivity index (χ1) is 12.8. The second kappa shape index (κ2) is 7.85. The number of hydrogen-bond acceptors (Lipinski definition) is 5. The van der Waals surface area contributed by atoms with E-state index < -0.39 is 11.2 Å². The van der Waals surface area contributed by atoms with Gasteiger partial charge in [0.25, 0.3) is 0 Å². The second-order valence-electron chi connectivity index (χ2n) is 7.96. The summed E-state index contributed by atoms with van der Waals surface area (Å²) in [4.78, 5) is 26.8. The van der Waals surface area contributed by atoms with Crippen molar-refractivity contribution in [2.45, 2.75) is 71.1 Å². The van der Waals surface area contributed by atoms with E-state index >= 15 is 0 Å². The molecule has 1 saturated carbocycles. The van der Waals surface area contributed by atoms with Gasteiger partial charge in [0.05, 0.1) is 0 Å². The summed E-state index contributed by atoms with van der Waals surface area (Å²) >= 11 is 0. The van der Waals surface area contributed by atoms with Crippen molar-refractivity contribution in [1.82, 2.24) is 4.90 Å². The van der Waals surface area contributed by atoms with Crippen LogP contribution in [0, 0.1) is 0 Å². The van der Waals surface area contributed by atoms with E-state index in [1.165, 1.54) is 18.9 Å². The SMILES string of the molecule is CCc1ccc2c(COC(=O)C(C)(C)N(C)C3CCCC3)cc(=O)oc2c1. The molecule has 5 nitrogen and oxygen atoms in total. The first-order valence-electron chi connectivity index (χ1n) is 9.78. The van der Waals surface area contributed by atoms with Crippen molar-refractivity contribution in [3.63, 3.8) is 0 Å². The number of carbonyl (C=O) groups excluding carboxylic acids is 1. The molecule has 5 heteroatoms. The Balaban J connectivity index is 1.77. The van der Waals surface area contributed by atoms with Gasteiger partial charge in [-0.15, -0.1) is 0 Å². The van der Waals surface area contributed by atoms with Crippen LogP contribution in [-0.2, 0) is 22.6 Å². The fraction of sp³-hybridized carbons (Fsp3) is 0.545. The van der Waals surface area contributed by atoms with Crippen molar-refractivity contribution in [2.75, 3.05) is 7.05 Å². The first-order valence-corrected chi connectivity index (χ1v) is 9.78. The molecule has 0 amide bonds. The topological polar surface area (TPSA) is 59.8 Å². The lowest BCUT2D eigenvalue weighted by molar-refractivity contribution is -0.158. The molecular weight excluding hydrogens is 342 g/mol. The van der Waals surface area contributed by atoms with Crippen LogP contribution in [0.25, 0.3) is 11.0 Å². The highest BCUT2D eigenvalue weighted by Gasteiger charge is 2.38. The molecule has 0 aliphatic heterocycles. The summed E-state index contributed by atoms with van der Waals surface area (Å²) < 4.78 is 11.0. The summed E-state index contributed by atoms with van der Waals surface area (Å²) in [6.45, 7) is 5.92. The van der Waals surface area contributed by atoms with Gasteiger partial charge in [-0.05, 0) is 51.8 Å². The van der Waals surface area contributed by atoms with Crippen LogP contribution in [0.15, 0.2) is 33.5 Å². The van der Waals surface area contributed by atoms with Crippen molar-refractivity contribution in [3.05, 3.63) is 45.8 Å². The molecule has 0 radical (unpaired) electrons. The Kier molecular flexibility index (Phi) is 5.70. The number of hydrogen-bond donors (Lipinski definition) is 0. The molecule has 0 unspecified atom stereocenters. The van der Waals surface area contributed by atoms with Crippen molar-refractivity contribution in [2.24, 2.45) is 0 Å². The van der Waals surface area contributed by atoms with E-state index in [0.717, 1.165) is 30.2 Å². The van der Waals surface area contributed by atoms with Crippen LogP contribution >= 0.6 is 0 Å². The highest BCUT2D eigenvalue weighted by atomic mass is 16.5. The number of carbonyl (C=O) groups is 1. The van der Waals surface area contributed by atoms with Crippen LogP contribution < -0.4 is 5.63 Å². The Morgan fingerprint density at radius 2 is 1.96 bits per heavy atom. The lowest BCUT2D eigenvalue weighted by atomic mass is 10.0. The summed E-state index contributed by atoms with van der Waals surface area (Å²) in [5.41, 5.74) is 1.18. The van der Waals surface area contributed by atoms with E-state index in [-0.39, 0.29) is 12.6 Å². The summed E-state index contributed by atoms with van der Waals surface area (Å²) in [5.74, 6) is -0.275. The minimum atomic E-state index is -0.709. The predicted molar refractivity (Wildman–Crippen MR) is 106 cm³/mol. The zero-order valence-corrected chi connectivity index (χ0v) is 16.7. The number of nitrogens with zero attached hydrogens (tertiary/aromatic N) is 1. The third kappa shape index (κ3) is 4.08. The molecule has 2 aromatic rings. The lowest BCUT2D eigenvalue weighted by Crippen LogP contribution is -2.52. The molecule has 27 heavy (non-hydrogen) atoms. The third-order valence-electron chi connectivity index (χ3n) is 5.92. The minimum Gasteiger partial charge on any atom is -0.459 e. The fourth-order valence-corrected chi connectivity index (χ4v) is 3.83. The maximum absolute atomic E-state index is 12.8. The molecule has 1 heterocycles. The molecule has 1 aromatic heterocycles. The van der Waals surface area contributed by atoms with Gasteiger partial charge in [-0.2, -0.15) is 0 Å². The normalized spacial score (nSPS) is 15.6. The van der Waals surface area contributed by atoms with Crippen LogP contribution in [0.5, 0.6) is 0 Å². The Hall–Kier alpha value is -2.14. The number of likely N-dealkylation sites (N-methyl/N-ethyl adjacent to an activating group) is 1. The van der Waals surface area contributed by atoms with E-state index in [9.17, 15) is 9.59 Å². The molecule has 1 fully saturated rings. The van der Waals surface area contributed by atoms with Crippen molar-refractivity contribution < 1.29 is 13.9 Å². The van der Waals surface area contributed by atoms with Gasteiger partial charge >= 0.3 is 11.6 Å². The smallest absolute Gasteiger partial charge is 0.336 e. The number of rotatable bonds is 6. The van der Waals surface area contributed by atoms with Gasteiger partial charge in [-0.25, -0.2) is 4.79 Å². The third-order valence-corrected chi connectivity index (χ3v) is 5.92. The van der Waals surface area contributed by atoms with Gasteiger partial charge < -0.3 is 9.15 Å². The molecular formula is C22H29NO4. The van der Waals surface area contributed by atoms with Crippen LogP contribution in [0.4, 0.5) is 0 Å². The minimum absolute atomic E-state index is 0.0638. The number of fused-ring (bicyclic) bond motifs is 1. The second-order valence-corrected chi connectivity index (χ2v) is 7.96. The molecule has 146 valence electrons. The largest absolute Gasteiger partial charge is 0.459 e. The summed E-state index contributed by atoms with van der Waals surface area (Å²) in [6.07, 6.45) is 5.53. The summed E-state index contributed by atoms with van der Waals surface area (Å²) in [6, 6.07) is 7.64.